The number of halogens is 2. The Hall–Kier alpha value is -3.56. The van der Waals surface area contributed by atoms with E-state index in [1.54, 1.807) is 17.9 Å². The standard InChI is InChI=1S/C26H29F2N5O3/c1-13-9-33(15(3)34)10-19(13)32-26(35)21-14(2)31-24-22(29-12-30-23(21)24)18-8-17(25(27)28)6-7-20(18)36-11-16-4-5-16/h6-8,12-13,16,19,25,31H,4-5,9-11H2,1-3H3,(H,32,35)/t13-,19+/m0/s1. The maximum Gasteiger partial charge on any atom is 0.263 e. The molecule has 2 aromatic heterocycles. The molecule has 1 saturated heterocycles. The van der Waals surface area contributed by atoms with Crippen LogP contribution in [-0.2, 0) is 4.79 Å². The molecule has 2 atom stereocenters. The molecule has 5 rings (SSSR count). The maximum atomic E-state index is 13.6. The van der Waals surface area contributed by atoms with E-state index >= 15 is 0 Å². The lowest BCUT2D eigenvalue weighted by molar-refractivity contribution is -0.127. The fourth-order valence-electron chi connectivity index (χ4n) is 4.74. The molecule has 36 heavy (non-hydrogen) atoms. The van der Waals surface area contributed by atoms with Gasteiger partial charge in [-0.05, 0) is 49.8 Å². The van der Waals surface area contributed by atoms with Crippen molar-refractivity contribution in [1.29, 1.82) is 0 Å². The zero-order chi connectivity index (χ0) is 25.6. The predicted octanol–water partition coefficient (Wildman–Crippen LogP) is 4.26. The van der Waals surface area contributed by atoms with Crippen LogP contribution < -0.4 is 10.1 Å². The third-order valence-electron chi connectivity index (χ3n) is 7.05. The first-order valence-corrected chi connectivity index (χ1v) is 12.2. The second-order valence-corrected chi connectivity index (χ2v) is 9.86. The van der Waals surface area contributed by atoms with Gasteiger partial charge in [0.15, 0.2) is 0 Å². The molecule has 1 aliphatic heterocycles. The summed E-state index contributed by atoms with van der Waals surface area (Å²) in [5.74, 6) is 0.727. The quantitative estimate of drug-likeness (QED) is 0.508. The molecule has 8 nitrogen and oxygen atoms in total. The number of alkyl halides is 2. The summed E-state index contributed by atoms with van der Waals surface area (Å²) in [4.78, 5) is 38.8. The summed E-state index contributed by atoms with van der Waals surface area (Å²) in [6.07, 6.45) is 0.880. The van der Waals surface area contributed by atoms with Gasteiger partial charge in [0, 0.05) is 36.8 Å². The molecule has 0 spiro atoms. The first kappa shape index (κ1) is 24.1. The highest BCUT2D eigenvalue weighted by Crippen LogP contribution is 2.38. The van der Waals surface area contributed by atoms with Crippen LogP contribution in [0.15, 0.2) is 24.5 Å². The molecule has 0 bridgehead atoms. The molecule has 2 aliphatic rings. The van der Waals surface area contributed by atoms with Gasteiger partial charge in [-0.3, -0.25) is 9.59 Å². The first-order valence-electron chi connectivity index (χ1n) is 12.2. The van der Waals surface area contributed by atoms with Gasteiger partial charge in [-0.25, -0.2) is 18.7 Å². The Morgan fingerprint density at radius 1 is 1.25 bits per heavy atom. The lowest BCUT2D eigenvalue weighted by atomic mass is 10.0. The van der Waals surface area contributed by atoms with Crippen molar-refractivity contribution in [3.8, 4) is 17.0 Å². The Kier molecular flexibility index (Phi) is 6.36. The summed E-state index contributed by atoms with van der Waals surface area (Å²) < 4.78 is 33.1. The number of nitrogens with zero attached hydrogens (tertiary/aromatic N) is 3. The van der Waals surface area contributed by atoms with E-state index in [9.17, 15) is 18.4 Å². The molecule has 1 aliphatic carbocycles. The minimum atomic E-state index is -2.65. The predicted molar refractivity (Wildman–Crippen MR) is 130 cm³/mol. The fraction of sp³-hybridized carbons (Fsp3) is 0.462. The van der Waals surface area contributed by atoms with E-state index in [1.807, 2.05) is 6.92 Å². The zero-order valence-corrected chi connectivity index (χ0v) is 20.5. The number of fused-ring (bicyclic) bond motifs is 1. The van der Waals surface area contributed by atoms with Crippen LogP contribution >= 0.6 is 0 Å². The average Bonchev–Trinajstić information content (AvgIpc) is 3.50. The Bertz CT molecular complexity index is 1320. The van der Waals surface area contributed by atoms with E-state index in [4.69, 9.17) is 4.74 Å². The molecule has 2 amide bonds. The van der Waals surface area contributed by atoms with Crippen LogP contribution in [0, 0.1) is 18.8 Å². The number of ether oxygens (including phenoxy) is 1. The molecule has 2 fully saturated rings. The summed E-state index contributed by atoms with van der Waals surface area (Å²) in [6.45, 7) is 6.83. The van der Waals surface area contributed by atoms with Crippen molar-refractivity contribution in [2.45, 2.75) is 46.1 Å². The van der Waals surface area contributed by atoms with E-state index in [0.29, 0.717) is 64.9 Å². The molecule has 10 heteroatoms. The van der Waals surface area contributed by atoms with Crippen LogP contribution in [0.3, 0.4) is 0 Å². The number of H-pyrrole nitrogens is 1. The maximum absolute atomic E-state index is 13.6. The van der Waals surface area contributed by atoms with Gasteiger partial charge in [-0.1, -0.05) is 6.92 Å². The van der Waals surface area contributed by atoms with Gasteiger partial charge in [0.1, 0.15) is 23.3 Å². The van der Waals surface area contributed by atoms with Crippen molar-refractivity contribution < 1.29 is 23.1 Å². The summed E-state index contributed by atoms with van der Waals surface area (Å²) in [6, 6.07) is 4.12. The molecule has 190 valence electrons. The minimum Gasteiger partial charge on any atom is -0.493 e. The molecule has 1 saturated carbocycles. The number of carbonyl (C=O) groups excluding carboxylic acids is 2. The Labute approximate surface area is 207 Å². The molecule has 1 aromatic carbocycles. The largest absolute Gasteiger partial charge is 0.493 e. The highest BCUT2D eigenvalue weighted by atomic mass is 19.3. The average molecular weight is 498 g/mol. The molecular weight excluding hydrogens is 468 g/mol. The van der Waals surface area contributed by atoms with Crippen LogP contribution in [0.1, 0.15) is 54.7 Å². The molecular formula is C26H29F2N5O3. The summed E-state index contributed by atoms with van der Waals surface area (Å²) in [7, 11) is 0. The topological polar surface area (TPSA) is 100 Å². The zero-order valence-electron chi connectivity index (χ0n) is 20.5. The number of carbonyl (C=O) groups is 2. The number of aryl methyl sites for hydroxylation is 1. The Balaban J connectivity index is 1.51. The minimum absolute atomic E-state index is 0.0232. The van der Waals surface area contributed by atoms with Crippen LogP contribution in [0.25, 0.3) is 22.3 Å². The number of amides is 2. The highest BCUT2D eigenvalue weighted by Gasteiger charge is 2.33. The fourth-order valence-corrected chi connectivity index (χ4v) is 4.74. The molecule has 2 N–H and O–H groups in total. The van der Waals surface area contributed by atoms with E-state index < -0.39 is 6.43 Å². The molecule has 0 radical (unpaired) electrons. The SMILES string of the molecule is CC(=O)N1C[C@H](C)[C@H](NC(=O)c2c(C)[nH]c3c(-c4cc(C(F)F)ccc4OCC4CC4)ncnc23)C1. The number of nitrogens with one attached hydrogen (secondary N) is 2. The summed E-state index contributed by atoms with van der Waals surface area (Å²) in [5.41, 5.74) is 2.52. The number of rotatable bonds is 7. The number of benzene rings is 1. The molecule has 3 aromatic rings. The van der Waals surface area contributed by atoms with Crippen molar-refractivity contribution in [3.63, 3.8) is 0 Å². The number of aromatic nitrogens is 3. The summed E-state index contributed by atoms with van der Waals surface area (Å²) in [5, 5.41) is 3.05. The van der Waals surface area contributed by atoms with Crippen LogP contribution in [0.4, 0.5) is 8.78 Å². The van der Waals surface area contributed by atoms with Crippen LogP contribution in [0.2, 0.25) is 0 Å². The monoisotopic (exact) mass is 497 g/mol. The van der Waals surface area contributed by atoms with Gasteiger partial charge in [0.25, 0.3) is 12.3 Å². The first-order chi connectivity index (χ1) is 17.2. The van der Waals surface area contributed by atoms with Gasteiger partial charge in [0.05, 0.1) is 23.7 Å². The highest BCUT2D eigenvalue weighted by molar-refractivity contribution is 6.09. The second-order valence-electron chi connectivity index (χ2n) is 9.86. The van der Waals surface area contributed by atoms with Gasteiger partial charge in [-0.15, -0.1) is 0 Å². The van der Waals surface area contributed by atoms with E-state index in [-0.39, 0.29) is 29.3 Å². The summed E-state index contributed by atoms with van der Waals surface area (Å²) >= 11 is 0. The van der Waals surface area contributed by atoms with Crippen molar-refractivity contribution in [2.24, 2.45) is 11.8 Å². The molecule has 3 heterocycles. The van der Waals surface area contributed by atoms with Gasteiger partial charge >= 0.3 is 0 Å². The van der Waals surface area contributed by atoms with E-state index in [1.165, 1.54) is 25.4 Å². The number of likely N-dealkylation sites (tertiary alicyclic amines) is 1. The number of aromatic amines is 1. The van der Waals surface area contributed by atoms with Gasteiger partial charge in [0.2, 0.25) is 5.91 Å². The van der Waals surface area contributed by atoms with Crippen LogP contribution in [-0.4, -0.2) is 57.4 Å². The number of hydrogen-bond acceptors (Lipinski definition) is 5. The number of hydrogen-bond donors (Lipinski definition) is 2. The Morgan fingerprint density at radius 2 is 2.03 bits per heavy atom. The smallest absolute Gasteiger partial charge is 0.263 e. The van der Waals surface area contributed by atoms with Crippen molar-refractivity contribution >= 4 is 22.8 Å². The van der Waals surface area contributed by atoms with Gasteiger partial charge in [-0.2, -0.15) is 0 Å². The second kappa shape index (κ2) is 9.48. The van der Waals surface area contributed by atoms with Gasteiger partial charge < -0.3 is 19.9 Å². The van der Waals surface area contributed by atoms with E-state index in [2.05, 4.69) is 20.3 Å². The Morgan fingerprint density at radius 3 is 2.69 bits per heavy atom. The van der Waals surface area contributed by atoms with Crippen molar-refractivity contribution in [3.05, 3.63) is 41.3 Å². The lowest BCUT2D eigenvalue weighted by Gasteiger charge is -2.16. The van der Waals surface area contributed by atoms with Crippen molar-refractivity contribution in [2.75, 3.05) is 19.7 Å². The third-order valence-corrected chi connectivity index (χ3v) is 7.05. The normalized spacial score (nSPS) is 19.8. The van der Waals surface area contributed by atoms with Crippen molar-refractivity contribution in [1.82, 2.24) is 25.2 Å². The van der Waals surface area contributed by atoms with Crippen LogP contribution in [0.5, 0.6) is 5.75 Å². The third kappa shape index (κ3) is 4.64. The molecule has 0 unspecified atom stereocenters. The lowest BCUT2D eigenvalue weighted by Crippen LogP contribution is -2.40. The van der Waals surface area contributed by atoms with E-state index in [0.717, 1.165) is 12.8 Å².